The van der Waals surface area contributed by atoms with E-state index in [0.29, 0.717) is 0 Å². The molecule has 3 fully saturated rings. The van der Waals surface area contributed by atoms with Crippen molar-refractivity contribution in [1.29, 1.82) is 0 Å². The lowest BCUT2D eigenvalue weighted by Gasteiger charge is -2.23. The van der Waals surface area contributed by atoms with E-state index in [1.807, 2.05) is 0 Å². The second-order valence-electron chi connectivity index (χ2n) is 6.33. The molecule has 3 aliphatic rings. The highest BCUT2D eigenvalue weighted by Gasteiger charge is 2.54. The number of hydrogen-bond donors (Lipinski definition) is 1. The Morgan fingerprint density at radius 2 is 2.06 bits per heavy atom. The minimum atomic E-state index is 0.813. The molecule has 2 saturated carbocycles. The van der Waals surface area contributed by atoms with E-state index in [1.54, 1.807) is 0 Å². The summed E-state index contributed by atoms with van der Waals surface area (Å²) in [4.78, 5) is 2.76. The molecule has 0 radical (unpaired) electrons. The fourth-order valence-corrected chi connectivity index (χ4v) is 3.57. The van der Waals surface area contributed by atoms with Gasteiger partial charge in [0.15, 0.2) is 0 Å². The molecule has 0 amide bonds. The summed E-state index contributed by atoms with van der Waals surface area (Å²) in [5.41, 5.74) is 0.813. The molecule has 0 spiro atoms. The molecule has 1 N–H and O–H groups in total. The van der Waals surface area contributed by atoms with E-state index in [1.165, 1.54) is 58.3 Å². The third kappa shape index (κ3) is 2.28. The van der Waals surface area contributed by atoms with Gasteiger partial charge in [0.05, 0.1) is 0 Å². The quantitative estimate of drug-likeness (QED) is 0.740. The predicted octanol–water partition coefficient (Wildman–Crippen LogP) is 2.11. The molecule has 2 heteroatoms. The molecule has 1 heterocycles. The van der Waals surface area contributed by atoms with Gasteiger partial charge in [-0.1, -0.05) is 6.92 Å². The number of nitrogens with one attached hydrogen (secondary N) is 1. The molecule has 0 aromatic carbocycles. The minimum absolute atomic E-state index is 0.813. The second-order valence-corrected chi connectivity index (χ2v) is 6.33. The number of hydrogen-bond acceptors (Lipinski definition) is 2. The van der Waals surface area contributed by atoms with Crippen LogP contribution in [0.2, 0.25) is 0 Å². The molecule has 3 rings (SSSR count). The van der Waals surface area contributed by atoms with Crippen LogP contribution in [0.3, 0.4) is 0 Å². The van der Waals surface area contributed by atoms with Crippen LogP contribution in [0.5, 0.6) is 0 Å². The highest BCUT2D eigenvalue weighted by atomic mass is 15.2. The zero-order valence-electron chi connectivity index (χ0n) is 10.7. The normalized spacial score (nSPS) is 33.2. The maximum absolute atomic E-state index is 3.50. The number of rotatable bonds is 6. The summed E-state index contributed by atoms with van der Waals surface area (Å²) in [5.74, 6) is 2.05. The summed E-state index contributed by atoms with van der Waals surface area (Å²) >= 11 is 0. The van der Waals surface area contributed by atoms with Gasteiger partial charge in [0.1, 0.15) is 0 Å². The Bertz CT molecular complexity index is 243. The SMILES string of the molecule is CCNCC1CCN(CC2(C3CC3)CC2)C1. The lowest BCUT2D eigenvalue weighted by molar-refractivity contribution is 0.236. The first-order chi connectivity index (χ1) is 7.82. The van der Waals surface area contributed by atoms with Crippen LogP contribution in [0.25, 0.3) is 0 Å². The number of likely N-dealkylation sites (tertiary alicyclic amines) is 1. The Kier molecular flexibility index (Phi) is 2.97. The van der Waals surface area contributed by atoms with Crippen LogP contribution < -0.4 is 5.32 Å². The summed E-state index contributed by atoms with van der Waals surface area (Å²) in [6.07, 6.45) is 7.56. The van der Waals surface area contributed by atoms with Crippen molar-refractivity contribution in [3.8, 4) is 0 Å². The van der Waals surface area contributed by atoms with E-state index in [9.17, 15) is 0 Å². The summed E-state index contributed by atoms with van der Waals surface area (Å²) in [6, 6.07) is 0. The average molecular weight is 222 g/mol. The summed E-state index contributed by atoms with van der Waals surface area (Å²) in [5, 5.41) is 3.50. The molecule has 1 aliphatic heterocycles. The second kappa shape index (κ2) is 4.30. The third-order valence-corrected chi connectivity index (χ3v) is 4.93. The molecule has 2 aliphatic carbocycles. The van der Waals surface area contributed by atoms with Gasteiger partial charge in [-0.25, -0.2) is 0 Å². The molecule has 1 saturated heterocycles. The largest absolute Gasteiger partial charge is 0.317 e. The van der Waals surface area contributed by atoms with Crippen molar-refractivity contribution in [2.75, 3.05) is 32.7 Å². The molecular formula is C14H26N2. The minimum Gasteiger partial charge on any atom is -0.317 e. The van der Waals surface area contributed by atoms with Crippen molar-refractivity contribution in [3.05, 3.63) is 0 Å². The summed E-state index contributed by atoms with van der Waals surface area (Å²) < 4.78 is 0. The van der Waals surface area contributed by atoms with Gasteiger partial charge in [-0.2, -0.15) is 0 Å². The molecule has 92 valence electrons. The standard InChI is InChI=1S/C14H26N2/c1-2-15-9-12-5-8-16(10-12)11-14(6-7-14)13-3-4-13/h12-13,15H,2-11H2,1H3. The molecule has 0 aromatic heterocycles. The Balaban J connectivity index is 1.43. The zero-order valence-corrected chi connectivity index (χ0v) is 10.7. The van der Waals surface area contributed by atoms with Crippen LogP contribution in [-0.2, 0) is 0 Å². The Morgan fingerprint density at radius 3 is 2.69 bits per heavy atom. The third-order valence-electron chi connectivity index (χ3n) is 4.93. The van der Waals surface area contributed by atoms with Gasteiger partial charge in [0, 0.05) is 13.1 Å². The first kappa shape index (κ1) is 11.0. The number of nitrogens with zero attached hydrogens (tertiary/aromatic N) is 1. The van der Waals surface area contributed by atoms with E-state index >= 15 is 0 Å². The van der Waals surface area contributed by atoms with Gasteiger partial charge in [0.25, 0.3) is 0 Å². The first-order valence-electron chi connectivity index (χ1n) is 7.25. The Labute approximate surface area is 99.8 Å². The van der Waals surface area contributed by atoms with Crippen LogP contribution >= 0.6 is 0 Å². The van der Waals surface area contributed by atoms with Crippen molar-refractivity contribution < 1.29 is 0 Å². The monoisotopic (exact) mass is 222 g/mol. The van der Waals surface area contributed by atoms with Crippen molar-refractivity contribution in [2.45, 2.75) is 39.0 Å². The van der Waals surface area contributed by atoms with E-state index in [0.717, 1.165) is 23.8 Å². The van der Waals surface area contributed by atoms with Crippen molar-refractivity contribution in [3.63, 3.8) is 0 Å². The maximum Gasteiger partial charge on any atom is 0.00408 e. The Morgan fingerprint density at radius 1 is 1.25 bits per heavy atom. The van der Waals surface area contributed by atoms with Gasteiger partial charge in [-0.05, 0) is 69.0 Å². The predicted molar refractivity (Wildman–Crippen MR) is 67.5 cm³/mol. The first-order valence-corrected chi connectivity index (χ1v) is 7.25. The Hall–Kier alpha value is -0.0800. The molecule has 16 heavy (non-hydrogen) atoms. The van der Waals surface area contributed by atoms with Crippen molar-refractivity contribution in [2.24, 2.45) is 17.3 Å². The van der Waals surface area contributed by atoms with E-state index in [4.69, 9.17) is 0 Å². The molecule has 2 nitrogen and oxygen atoms in total. The van der Waals surface area contributed by atoms with Gasteiger partial charge < -0.3 is 10.2 Å². The van der Waals surface area contributed by atoms with Crippen LogP contribution in [-0.4, -0.2) is 37.6 Å². The highest BCUT2D eigenvalue weighted by molar-refractivity contribution is 5.05. The van der Waals surface area contributed by atoms with Crippen LogP contribution in [0.4, 0.5) is 0 Å². The topological polar surface area (TPSA) is 15.3 Å². The highest BCUT2D eigenvalue weighted by Crippen LogP contribution is 2.61. The fourth-order valence-electron chi connectivity index (χ4n) is 3.57. The molecule has 0 aromatic rings. The van der Waals surface area contributed by atoms with Crippen LogP contribution in [0, 0.1) is 17.3 Å². The molecular weight excluding hydrogens is 196 g/mol. The fraction of sp³-hybridized carbons (Fsp3) is 1.00. The summed E-state index contributed by atoms with van der Waals surface area (Å²) in [6.45, 7) is 8.73. The van der Waals surface area contributed by atoms with Gasteiger partial charge in [-0.3, -0.25) is 0 Å². The van der Waals surface area contributed by atoms with E-state index in [2.05, 4.69) is 17.1 Å². The zero-order chi connectivity index (χ0) is 11.0. The van der Waals surface area contributed by atoms with Crippen molar-refractivity contribution in [1.82, 2.24) is 10.2 Å². The average Bonchev–Trinajstić information content (AvgIpc) is 3.15. The smallest absolute Gasteiger partial charge is 0.00408 e. The molecule has 1 unspecified atom stereocenters. The van der Waals surface area contributed by atoms with E-state index < -0.39 is 0 Å². The molecule has 1 atom stereocenters. The van der Waals surface area contributed by atoms with Gasteiger partial charge in [-0.15, -0.1) is 0 Å². The van der Waals surface area contributed by atoms with Crippen LogP contribution in [0.15, 0.2) is 0 Å². The van der Waals surface area contributed by atoms with E-state index in [-0.39, 0.29) is 0 Å². The summed E-state index contributed by atoms with van der Waals surface area (Å²) in [7, 11) is 0. The molecule has 0 bridgehead atoms. The van der Waals surface area contributed by atoms with Gasteiger partial charge >= 0.3 is 0 Å². The van der Waals surface area contributed by atoms with Crippen LogP contribution in [0.1, 0.15) is 39.0 Å². The maximum atomic E-state index is 3.50. The van der Waals surface area contributed by atoms with Crippen molar-refractivity contribution >= 4 is 0 Å². The lowest BCUT2D eigenvalue weighted by Crippen LogP contribution is -2.31. The van der Waals surface area contributed by atoms with Gasteiger partial charge in [0.2, 0.25) is 0 Å². The lowest BCUT2D eigenvalue weighted by atomic mass is 10.00.